The van der Waals surface area contributed by atoms with Gasteiger partial charge in [0, 0.05) is 37.6 Å². The van der Waals surface area contributed by atoms with E-state index in [1.165, 1.54) is 36.5 Å². The number of aromatic nitrogens is 1. The van der Waals surface area contributed by atoms with Gasteiger partial charge in [-0.25, -0.2) is 0 Å². The smallest absolute Gasteiger partial charge is 0.811 e. The van der Waals surface area contributed by atoms with Gasteiger partial charge in [-0.1, -0.05) is 155 Å². The minimum atomic E-state index is -2.48. The van der Waals surface area contributed by atoms with Crippen molar-refractivity contribution in [3.63, 3.8) is 0 Å². The van der Waals surface area contributed by atoms with E-state index in [1.807, 2.05) is 82.3 Å². The van der Waals surface area contributed by atoms with Crippen LogP contribution in [-0.4, -0.2) is 11.2 Å². The number of allylic oxidation sites excluding steroid dienone is 4. The fraction of sp³-hybridized carbons (Fsp3) is 0.170. The van der Waals surface area contributed by atoms with Crippen molar-refractivity contribution in [2.24, 2.45) is 5.41 Å². The van der Waals surface area contributed by atoms with Gasteiger partial charge in [-0.3, -0.25) is 0 Å². The number of benzene rings is 6. The van der Waals surface area contributed by atoms with Crippen LogP contribution in [0.1, 0.15) is 76.2 Å². The van der Waals surface area contributed by atoms with Gasteiger partial charge in [0.25, 0.3) is 0 Å². The average Bonchev–Trinajstić information content (AvgIpc) is 3.67. The Hall–Kier alpha value is -5.67. The molecule has 284 valence electrons. The van der Waals surface area contributed by atoms with Crippen molar-refractivity contribution in [2.75, 3.05) is 0 Å². The predicted molar refractivity (Wildman–Crippen MR) is 239 cm³/mol. The topological polar surface area (TPSA) is 48.3 Å². The van der Waals surface area contributed by atoms with Gasteiger partial charge in [0.2, 0.25) is 0 Å². The van der Waals surface area contributed by atoms with E-state index < -0.39 is 32.3 Å². The third kappa shape index (κ3) is 9.32. The van der Waals surface area contributed by atoms with Crippen LogP contribution < -0.4 is 0 Å². The van der Waals surface area contributed by atoms with E-state index in [0.29, 0.717) is 16.8 Å². The summed E-state index contributed by atoms with van der Waals surface area (Å²) < 4.78 is 92.9. The Morgan fingerprint density at radius 1 is 0.807 bits per heavy atom. The molecule has 0 amide bonds. The summed E-state index contributed by atoms with van der Waals surface area (Å²) in [7, 11) is 0. The summed E-state index contributed by atoms with van der Waals surface area (Å²) in [5, 5.41) is 13.9. The van der Waals surface area contributed by atoms with Gasteiger partial charge in [-0.05, 0) is 70.0 Å². The molecular weight excluding hydrogens is 873 g/mol. The maximum atomic E-state index is 9.62. The molecule has 2 heterocycles. The maximum Gasteiger partial charge on any atom is 3.00 e. The second-order valence-electron chi connectivity index (χ2n) is 14.6. The van der Waals surface area contributed by atoms with E-state index in [9.17, 15) is 5.41 Å². The van der Waals surface area contributed by atoms with Crippen molar-refractivity contribution in [1.82, 2.24) is 4.98 Å². The van der Waals surface area contributed by atoms with Crippen LogP contribution >= 0.6 is 0 Å². The van der Waals surface area contributed by atoms with Crippen molar-refractivity contribution in [1.29, 1.82) is 0 Å². The summed E-state index contributed by atoms with van der Waals surface area (Å²) in [5.41, 5.74) is 6.68. The number of aryl methyl sites for hydroxylation is 3. The van der Waals surface area contributed by atoms with Crippen molar-refractivity contribution in [3.8, 4) is 22.4 Å². The molecule has 0 saturated heterocycles. The third-order valence-electron chi connectivity index (χ3n) is 9.29. The summed E-state index contributed by atoms with van der Waals surface area (Å²) in [4.78, 5) is 4.17. The van der Waals surface area contributed by atoms with E-state index in [-0.39, 0.29) is 47.9 Å². The number of fused-ring (bicyclic) bond motifs is 5. The molecular formula is C53H47IrN2O. The van der Waals surface area contributed by atoms with Crippen LogP contribution in [0.5, 0.6) is 0 Å². The average molecular weight is 931 g/mol. The molecule has 2 aromatic heterocycles. The van der Waals surface area contributed by atoms with Gasteiger partial charge >= 0.3 is 20.1 Å². The molecule has 57 heavy (non-hydrogen) atoms. The molecule has 8 rings (SSSR count). The van der Waals surface area contributed by atoms with Crippen LogP contribution in [-0.2, 0) is 26.5 Å². The quantitative estimate of drug-likeness (QED) is 0.0908. The monoisotopic (exact) mass is 931 g/mol. The van der Waals surface area contributed by atoms with Crippen LogP contribution in [0.15, 0.2) is 144 Å². The third-order valence-corrected chi connectivity index (χ3v) is 9.29. The molecule has 0 aliphatic carbocycles. The first-order valence-electron chi connectivity index (χ1n) is 23.7. The zero-order valence-electron chi connectivity index (χ0n) is 43.0. The summed E-state index contributed by atoms with van der Waals surface area (Å²) in [5.74, 6) is 0. The second-order valence-corrected chi connectivity index (χ2v) is 14.6. The molecule has 4 heteroatoms. The van der Waals surface area contributed by atoms with Gasteiger partial charge in [0.05, 0.1) is 0 Å². The summed E-state index contributed by atoms with van der Waals surface area (Å²) >= 11 is 0. The summed E-state index contributed by atoms with van der Waals surface area (Å²) in [6, 6.07) is 42.1. The normalized spacial score (nSPS) is 15.8. The Bertz CT molecular complexity index is 3170. The van der Waals surface area contributed by atoms with E-state index >= 15 is 0 Å². The SMILES string of the molecule is [2H]C([2H])([2H])c1ccc(-c2[c-]cc(C([2H])([2H])[2H])c(-c3ccccc3C([2H])([2H])[2H])c2)nc1.[2H]C([2H])(c1ccc(C(=C/C=[N-])/C=C(\C)c2[c-]ccc3c2oc2c4ccccc4ccc32)cc1)C(C)(C)C.[Ir+3]. The van der Waals surface area contributed by atoms with Gasteiger partial charge in [-0.15, -0.1) is 58.7 Å². The molecule has 0 aliphatic rings. The molecule has 0 aliphatic heterocycles. The van der Waals surface area contributed by atoms with Crippen LogP contribution in [0, 0.1) is 38.1 Å². The maximum absolute atomic E-state index is 9.62. The van der Waals surface area contributed by atoms with Gasteiger partial charge in [-0.2, -0.15) is 6.21 Å². The second kappa shape index (κ2) is 17.6. The van der Waals surface area contributed by atoms with Crippen LogP contribution in [0.3, 0.4) is 0 Å². The number of pyridine rings is 1. The minimum absolute atomic E-state index is 0. The Kier molecular flexibility index (Phi) is 8.87. The first-order valence-corrected chi connectivity index (χ1v) is 18.2. The van der Waals surface area contributed by atoms with Crippen molar-refractivity contribution < 1.29 is 39.6 Å². The molecule has 3 nitrogen and oxygen atoms in total. The first kappa shape index (κ1) is 28.7. The summed E-state index contributed by atoms with van der Waals surface area (Å²) in [6.07, 6.45) is 4.43. The zero-order chi connectivity index (χ0) is 48.7. The van der Waals surface area contributed by atoms with E-state index in [1.54, 1.807) is 24.3 Å². The summed E-state index contributed by atoms with van der Waals surface area (Å²) in [6.45, 7) is 0.510. The van der Waals surface area contributed by atoms with Gasteiger partial charge < -0.3 is 14.8 Å². The van der Waals surface area contributed by atoms with Crippen LogP contribution in [0.25, 0.3) is 71.7 Å². The van der Waals surface area contributed by atoms with Gasteiger partial charge in [0.15, 0.2) is 0 Å². The van der Waals surface area contributed by atoms with Crippen LogP contribution in [0.2, 0.25) is 0 Å². The molecule has 0 saturated carbocycles. The van der Waals surface area contributed by atoms with Gasteiger partial charge in [0.1, 0.15) is 5.58 Å². The molecule has 6 aromatic carbocycles. The van der Waals surface area contributed by atoms with Crippen LogP contribution in [0.4, 0.5) is 0 Å². The molecule has 8 aromatic rings. The molecule has 0 fully saturated rings. The zero-order valence-corrected chi connectivity index (χ0v) is 34.4. The van der Waals surface area contributed by atoms with Crippen molar-refractivity contribution >= 4 is 50.1 Å². The van der Waals surface area contributed by atoms with E-state index in [0.717, 1.165) is 61.2 Å². The fourth-order valence-electron chi connectivity index (χ4n) is 6.69. The molecule has 0 N–H and O–H groups in total. The number of hydrogen-bond acceptors (Lipinski definition) is 2. The van der Waals surface area contributed by atoms with Crippen molar-refractivity contribution in [2.45, 2.75) is 54.6 Å². The standard InChI is InChI=1S/C33H29NO.C20H18N.Ir/c1-22(20-26(18-19-34)24-14-12-23(13-15-24)21-33(2,3)4)27-10-7-11-29-30-17-16-25-8-5-6-9-28(25)32(30)35-31(27)29;1-14-8-11-20(21-13-14)17-10-9-16(3)19(12-17)18-7-5-4-6-15(18)2;/h5-9,11-20H,21H2,1-4H3;4-9,11-13H,1-3H3;/q-2;-1;+3/b22-20+,26-18+;;/i21D2;1D3,2D3,3D3;. The number of rotatable bonds is 7. The largest absolute Gasteiger partial charge is 3.00 e. The minimum Gasteiger partial charge on any atom is -0.811 e. The van der Waals surface area contributed by atoms with E-state index in [2.05, 4.69) is 41.4 Å². The van der Waals surface area contributed by atoms with E-state index in [4.69, 9.17) is 19.5 Å². The molecule has 0 atom stereocenters. The molecule has 0 radical (unpaired) electrons. The molecule has 0 bridgehead atoms. The Morgan fingerprint density at radius 2 is 1.58 bits per heavy atom. The Balaban J connectivity index is 0.000000226. The number of hydrogen-bond donors (Lipinski definition) is 0. The molecule has 0 unspecified atom stereocenters. The Morgan fingerprint density at radius 3 is 2.32 bits per heavy atom. The van der Waals surface area contributed by atoms with Crippen molar-refractivity contribution in [3.05, 3.63) is 191 Å². The fourth-order valence-corrected chi connectivity index (χ4v) is 6.69. The Labute approximate surface area is 366 Å². The molecule has 0 spiro atoms. The number of furan rings is 1. The first-order chi connectivity index (χ1) is 31.4. The predicted octanol–water partition coefficient (Wildman–Crippen LogP) is 14.4. The number of nitrogens with zero attached hydrogens (tertiary/aromatic N) is 2.